The first-order valence-corrected chi connectivity index (χ1v) is 4.62. The number of nitrogens with zero attached hydrogens (tertiary/aromatic N) is 4. The highest BCUT2D eigenvalue weighted by Gasteiger charge is 2.23. The molecule has 0 atom stereocenters. The summed E-state index contributed by atoms with van der Waals surface area (Å²) in [5, 5.41) is 17.0. The van der Waals surface area contributed by atoms with Crippen molar-refractivity contribution in [2.75, 3.05) is 13.7 Å². The van der Waals surface area contributed by atoms with Crippen LogP contribution in [0.4, 0.5) is 0 Å². The maximum Gasteiger partial charge on any atom is 0.146 e. The second-order valence-corrected chi connectivity index (χ2v) is 4.18. The highest BCUT2D eigenvalue weighted by molar-refractivity contribution is 4.88. The summed E-state index contributed by atoms with van der Waals surface area (Å²) < 4.78 is 1.88. The maximum atomic E-state index is 9.18. The van der Waals surface area contributed by atoms with E-state index in [9.17, 15) is 5.11 Å². The number of aryl methyl sites for hydroxylation is 1. The molecule has 0 amide bonds. The van der Waals surface area contributed by atoms with E-state index >= 15 is 0 Å². The third-order valence-electron chi connectivity index (χ3n) is 2.60. The van der Waals surface area contributed by atoms with Gasteiger partial charge < -0.3 is 9.67 Å². The molecule has 0 saturated carbocycles. The Labute approximate surface area is 84.4 Å². The smallest absolute Gasteiger partial charge is 0.146 e. The summed E-state index contributed by atoms with van der Waals surface area (Å²) in [4.78, 5) is 2.05. The molecule has 0 aliphatic rings. The average molecular weight is 198 g/mol. The Morgan fingerprint density at radius 3 is 2.64 bits per heavy atom. The molecular weight excluding hydrogens is 180 g/mol. The number of aliphatic hydroxyl groups excluding tert-OH is 1. The van der Waals surface area contributed by atoms with Gasteiger partial charge in [-0.2, -0.15) is 0 Å². The van der Waals surface area contributed by atoms with Gasteiger partial charge in [0.05, 0.1) is 13.2 Å². The van der Waals surface area contributed by atoms with E-state index in [1.54, 1.807) is 6.33 Å². The average Bonchev–Trinajstić information content (AvgIpc) is 2.52. The zero-order valence-corrected chi connectivity index (χ0v) is 9.23. The summed E-state index contributed by atoms with van der Waals surface area (Å²) in [5.74, 6) is 0.897. The van der Waals surface area contributed by atoms with Gasteiger partial charge in [0.1, 0.15) is 12.2 Å². The fraction of sp³-hybridized carbons (Fsp3) is 0.778. The zero-order valence-electron chi connectivity index (χ0n) is 9.23. The summed E-state index contributed by atoms with van der Waals surface area (Å²) >= 11 is 0. The first-order valence-electron chi connectivity index (χ1n) is 4.62. The molecule has 0 radical (unpaired) electrons. The number of aliphatic hydroxyl groups is 1. The first kappa shape index (κ1) is 11.1. The van der Waals surface area contributed by atoms with Crippen LogP contribution in [-0.4, -0.2) is 44.0 Å². The van der Waals surface area contributed by atoms with Crippen LogP contribution < -0.4 is 0 Å². The second-order valence-electron chi connectivity index (χ2n) is 4.18. The Morgan fingerprint density at radius 2 is 2.21 bits per heavy atom. The molecule has 1 rings (SSSR count). The SMILES string of the molecule is CN(Cc1nncn1C)C(C)(C)CO. The molecule has 0 aliphatic heterocycles. The lowest BCUT2D eigenvalue weighted by molar-refractivity contribution is 0.0707. The van der Waals surface area contributed by atoms with Gasteiger partial charge in [0.15, 0.2) is 0 Å². The van der Waals surface area contributed by atoms with Crippen molar-refractivity contribution < 1.29 is 5.11 Å². The van der Waals surface area contributed by atoms with Gasteiger partial charge in [-0.1, -0.05) is 0 Å². The molecule has 5 heteroatoms. The lowest BCUT2D eigenvalue weighted by Crippen LogP contribution is -2.44. The fourth-order valence-corrected chi connectivity index (χ4v) is 0.997. The zero-order chi connectivity index (χ0) is 10.8. The molecule has 80 valence electrons. The van der Waals surface area contributed by atoms with Crippen molar-refractivity contribution in [1.82, 2.24) is 19.7 Å². The number of rotatable bonds is 4. The van der Waals surface area contributed by atoms with Crippen LogP contribution in [0.5, 0.6) is 0 Å². The monoisotopic (exact) mass is 198 g/mol. The van der Waals surface area contributed by atoms with Crippen molar-refractivity contribution in [2.45, 2.75) is 25.9 Å². The minimum atomic E-state index is -0.230. The van der Waals surface area contributed by atoms with Crippen LogP contribution >= 0.6 is 0 Å². The van der Waals surface area contributed by atoms with Gasteiger partial charge in [-0.3, -0.25) is 4.90 Å². The van der Waals surface area contributed by atoms with E-state index in [1.807, 2.05) is 32.5 Å². The van der Waals surface area contributed by atoms with Crippen LogP contribution in [0.3, 0.4) is 0 Å². The van der Waals surface area contributed by atoms with Gasteiger partial charge in [-0.05, 0) is 20.9 Å². The molecule has 0 fully saturated rings. The van der Waals surface area contributed by atoms with Crippen LogP contribution in [-0.2, 0) is 13.6 Å². The lowest BCUT2D eigenvalue weighted by Gasteiger charge is -2.33. The number of hydrogen-bond donors (Lipinski definition) is 1. The van der Waals surface area contributed by atoms with Crippen molar-refractivity contribution in [3.63, 3.8) is 0 Å². The van der Waals surface area contributed by atoms with E-state index in [1.165, 1.54) is 0 Å². The van der Waals surface area contributed by atoms with E-state index in [0.717, 1.165) is 5.82 Å². The van der Waals surface area contributed by atoms with E-state index in [4.69, 9.17) is 0 Å². The summed E-state index contributed by atoms with van der Waals surface area (Å²) in [6, 6.07) is 0. The second kappa shape index (κ2) is 4.06. The van der Waals surface area contributed by atoms with E-state index in [0.29, 0.717) is 6.54 Å². The van der Waals surface area contributed by atoms with Crippen molar-refractivity contribution in [3.05, 3.63) is 12.2 Å². The summed E-state index contributed by atoms with van der Waals surface area (Å²) in [5.41, 5.74) is -0.230. The van der Waals surface area contributed by atoms with Crippen LogP contribution in [0.2, 0.25) is 0 Å². The first-order chi connectivity index (χ1) is 6.47. The molecule has 1 heterocycles. The van der Waals surface area contributed by atoms with Gasteiger partial charge in [0.25, 0.3) is 0 Å². The molecule has 0 unspecified atom stereocenters. The predicted octanol–water partition coefficient (Wildman–Crippen LogP) is 0.0178. The Morgan fingerprint density at radius 1 is 1.57 bits per heavy atom. The fourth-order valence-electron chi connectivity index (χ4n) is 0.997. The minimum absolute atomic E-state index is 0.126. The molecule has 0 aliphatic carbocycles. The molecule has 0 saturated heterocycles. The van der Waals surface area contributed by atoms with Gasteiger partial charge in [0.2, 0.25) is 0 Å². The highest BCUT2D eigenvalue weighted by atomic mass is 16.3. The summed E-state index contributed by atoms with van der Waals surface area (Å²) in [6.45, 7) is 4.79. The number of likely N-dealkylation sites (N-methyl/N-ethyl adjacent to an activating group) is 1. The number of aromatic nitrogens is 3. The third-order valence-corrected chi connectivity index (χ3v) is 2.60. The molecule has 14 heavy (non-hydrogen) atoms. The van der Waals surface area contributed by atoms with Crippen LogP contribution in [0.1, 0.15) is 19.7 Å². The number of hydrogen-bond acceptors (Lipinski definition) is 4. The van der Waals surface area contributed by atoms with Gasteiger partial charge in [0, 0.05) is 12.6 Å². The van der Waals surface area contributed by atoms with Crippen LogP contribution in [0, 0.1) is 0 Å². The molecule has 1 aromatic rings. The quantitative estimate of drug-likeness (QED) is 0.741. The van der Waals surface area contributed by atoms with Gasteiger partial charge in [-0.15, -0.1) is 10.2 Å². The van der Waals surface area contributed by atoms with Crippen LogP contribution in [0.15, 0.2) is 6.33 Å². The summed E-state index contributed by atoms with van der Waals surface area (Å²) in [7, 11) is 3.88. The van der Waals surface area contributed by atoms with E-state index in [-0.39, 0.29) is 12.1 Å². The molecule has 1 aromatic heterocycles. The Balaban J connectivity index is 2.66. The lowest BCUT2D eigenvalue weighted by atomic mass is 10.1. The minimum Gasteiger partial charge on any atom is -0.394 e. The molecule has 1 N–H and O–H groups in total. The summed E-state index contributed by atoms with van der Waals surface area (Å²) in [6.07, 6.45) is 1.68. The Kier molecular flexibility index (Phi) is 3.23. The van der Waals surface area contributed by atoms with Gasteiger partial charge in [-0.25, -0.2) is 0 Å². The normalized spacial score (nSPS) is 12.4. The largest absolute Gasteiger partial charge is 0.394 e. The maximum absolute atomic E-state index is 9.18. The highest BCUT2D eigenvalue weighted by Crippen LogP contribution is 2.13. The molecular formula is C9H18N4O. The molecule has 0 spiro atoms. The molecule has 5 nitrogen and oxygen atoms in total. The predicted molar refractivity (Wildman–Crippen MR) is 53.6 cm³/mol. The van der Waals surface area contributed by atoms with E-state index < -0.39 is 0 Å². The Bertz CT molecular complexity index is 295. The Hall–Kier alpha value is -0.940. The van der Waals surface area contributed by atoms with Crippen molar-refractivity contribution in [1.29, 1.82) is 0 Å². The van der Waals surface area contributed by atoms with E-state index in [2.05, 4.69) is 15.1 Å². The standard InChI is InChI=1S/C9H18N4O/c1-9(2,6-14)13(4)5-8-11-10-7-12(8)3/h7,14H,5-6H2,1-4H3. The third kappa shape index (κ3) is 2.30. The van der Waals surface area contributed by atoms with Crippen molar-refractivity contribution in [3.8, 4) is 0 Å². The van der Waals surface area contributed by atoms with Crippen molar-refractivity contribution >= 4 is 0 Å². The molecule has 0 aromatic carbocycles. The topological polar surface area (TPSA) is 54.2 Å². The van der Waals surface area contributed by atoms with Crippen molar-refractivity contribution in [2.24, 2.45) is 7.05 Å². The van der Waals surface area contributed by atoms with Crippen LogP contribution in [0.25, 0.3) is 0 Å². The van der Waals surface area contributed by atoms with Gasteiger partial charge >= 0.3 is 0 Å². The molecule has 0 bridgehead atoms.